The summed E-state index contributed by atoms with van der Waals surface area (Å²) in [4.78, 5) is 10.8. The van der Waals surface area contributed by atoms with Gasteiger partial charge in [0.2, 0.25) is 0 Å². The summed E-state index contributed by atoms with van der Waals surface area (Å²) >= 11 is 0. The van der Waals surface area contributed by atoms with Crippen molar-refractivity contribution in [2.24, 2.45) is 0 Å². The van der Waals surface area contributed by atoms with Crippen molar-refractivity contribution in [1.82, 2.24) is 9.78 Å². The first-order valence-corrected chi connectivity index (χ1v) is 4.50. The number of ether oxygens (including phenoxy) is 1. The van der Waals surface area contributed by atoms with E-state index in [2.05, 4.69) is 9.84 Å². The van der Waals surface area contributed by atoms with Crippen LogP contribution < -0.4 is 5.73 Å². The first kappa shape index (κ1) is 10.6. The Labute approximate surface area is 82.8 Å². The molecule has 1 aromatic rings. The molecule has 5 heteroatoms. The summed E-state index contributed by atoms with van der Waals surface area (Å²) in [5.74, 6) is -0.192. The number of carbonyl (C=O) groups is 1. The second kappa shape index (κ2) is 4.64. The minimum absolute atomic E-state index is 0.192. The van der Waals surface area contributed by atoms with Crippen LogP contribution in [0.3, 0.4) is 0 Å². The highest BCUT2D eigenvalue weighted by atomic mass is 16.5. The summed E-state index contributed by atoms with van der Waals surface area (Å²) < 4.78 is 6.32. The third kappa shape index (κ3) is 2.48. The predicted molar refractivity (Wildman–Crippen MR) is 52.6 cm³/mol. The summed E-state index contributed by atoms with van der Waals surface area (Å²) in [6.07, 6.45) is 2.75. The fraction of sp³-hybridized carbons (Fsp3) is 0.556. The molecule has 0 bridgehead atoms. The molecule has 2 N–H and O–H groups in total. The average molecular weight is 197 g/mol. The molecule has 1 heterocycles. The number of hydrogen-bond acceptors (Lipinski definition) is 4. The van der Waals surface area contributed by atoms with E-state index in [1.165, 1.54) is 7.11 Å². The van der Waals surface area contributed by atoms with Gasteiger partial charge in [-0.15, -0.1) is 0 Å². The van der Waals surface area contributed by atoms with Crippen LogP contribution in [0.1, 0.15) is 18.5 Å². The largest absolute Gasteiger partial charge is 0.469 e. The molecule has 0 aliphatic rings. The Bertz CT molecular complexity index is 320. The van der Waals surface area contributed by atoms with Gasteiger partial charge in [-0.3, -0.25) is 9.48 Å². The van der Waals surface area contributed by atoms with Crippen molar-refractivity contribution in [3.8, 4) is 0 Å². The summed E-state index contributed by atoms with van der Waals surface area (Å²) in [5, 5.41) is 4.08. The molecule has 0 aromatic carbocycles. The van der Waals surface area contributed by atoms with E-state index in [1.54, 1.807) is 10.9 Å². The molecule has 0 unspecified atom stereocenters. The number of esters is 1. The molecule has 0 saturated carbocycles. The van der Waals surface area contributed by atoms with Crippen LogP contribution in [-0.2, 0) is 16.1 Å². The summed E-state index contributed by atoms with van der Waals surface area (Å²) in [5.41, 5.74) is 7.25. The van der Waals surface area contributed by atoms with Crippen LogP contribution in [0.2, 0.25) is 0 Å². The molecule has 0 spiro atoms. The molecule has 0 atom stereocenters. The lowest BCUT2D eigenvalue weighted by Gasteiger charge is -2.03. The van der Waals surface area contributed by atoms with Crippen LogP contribution >= 0.6 is 0 Å². The van der Waals surface area contributed by atoms with E-state index in [9.17, 15) is 4.79 Å². The van der Waals surface area contributed by atoms with Crippen LogP contribution in [0, 0.1) is 6.92 Å². The number of carbonyl (C=O) groups excluding carboxylic acids is 1. The lowest BCUT2D eigenvalue weighted by Crippen LogP contribution is -2.06. The van der Waals surface area contributed by atoms with E-state index in [1.807, 2.05) is 6.92 Å². The van der Waals surface area contributed by atoms with Gasteiger partial charge in [-0.2, -0.15) is 5.10 Å². The van der Waals surface area contributed by atoms with E-state index >= 15 is 0 Å². The SMILES string of the molecule is COC(=O)CCCn1ncc(N)c1C. The number of methoxy groups -OCH3 is 1. The second-order valence-electron chi connectivity index (χ2n) is 3.09. The number of nitrogen functional groups attached to an aromatic ring is 1. The van der Waals surface area contributed by atoms with Crippen LogP contribution in [-0.4, -0.2) is 22.9 Å². The number of nitrogens with zero attached hydrogens (tertiary/aromatic N) is 2. The number of nitrogens with two attached hydrogens (primary N) is 1. The van der Waals surface area contributed by atoms with Crippen molar-refractivity contribution in [3.05, 3.63) is 11.9 Å². The third-order valence-corrected chi connectivity index (χ3v) is 2.12. The fourth-order valence-corrected chi connectivity index (χ4v) is 1.16. The second-order valence-corrected chi connectivity index (χ2v) is 3.09. The number of hydrogen-bond donors (Lipinski definition) is 1. The maximum Gasteiger partial charge on any atom is 0.305 e. The smallest absolute Gasteiger partial charge is 0.305 e. The number of anilines is 1. The molecule has 0 radical (unpaired) electrons. The molecular weight excluding hydrogens is 182 g/mol. The average Bonchev–Trinajstić information content (AvgIpc) is 2.49. The molecule has 78 valence electrons. The standard InChI is InChI=1S/C9H15N3O2/c1-7-8(10)6-11-12(7)5-3-4-9(13)14-2/h6H,3-5,10H2,1-2H3. The number of rotatable bonds is 4. The topological polar surface area (TPSA) is 70.1 Å². The van der Waals surface area contributed by atoms with E-state index < -0.39 is 0 Å². The highest BCUT2D eigenvalue weighted by molar-refractivity contribution is 5.68. The van der Waals surface area contributed by atoms with E-state index in [0.717, 1.165) is 5.69 Å². The van der Waals surface area contributed by atoms with Crippen LogP contribution in [0.4, 0.5) is 5.69 Å². The van der Waals surface area contributed by atoms with Crippen molar-refractivity contribution in [1.29, 1.82) is 0 Å². The summed E-state index contributed by atoms with van der Waals surface area (Å²) in [7, 11) is 1.39. The van der Waals surface area contributed by atoms with Gasteiger partial charge in [0, 0.05) is 13.0 Å². The monoisotopic (exact) mass is 197 g/mol. The Morgan fingerprint density at radius 2 is 2.43 bits per heavy atom. The Hall–Kier alpha value is -1.52. The molecule has 1 rings (SSSR count). The molecule has 0 saturated heterocycles. The first-order chi connectivity index (χ1) is 6.65. The van der Waals surface area contributed by atoms with Crippen LogP contribution in [0.25, 0.3) is 0 Å². The van der Waals surface area contributed by atoms with Gasteiger partial charge in [0.1, 0.15) is 0 Å². The van der Waals surface area contributed by atoms with Gasteiger partial charge < -0.3 is 10.5 Å². The maximum atomic E-state index is 10.8. The molecule has 5 nitrogen and oxygen atoms in total. The van der Waals surface area contributed by atoms with E-state index in [0.29, 0.717) is 25.1 Å². The molecular formula is C9H15N3O2. The Morgan fingerprint density at radius 3 is 2.93 bits per heavy atom. The van der Waals surface area contributed by atoms with E-state index in [4.69, 9.17) is 5.73 Å². The third-order valence-electron chi connectivity index (χ3n) is 2.12. The van der Waals surface area contributed by atoms with Crippen molar-refractivity contribution >= 4 is 11.7 Å². The van der Waals surface area contributed by atoms with Gasteiger partial charge in [-0.25, -0.2) is 0 Å². The van der Waals surface area contributed by atoms with Crippen molar-refractivity contribution in [2.45, 2.75) is 26.3 Å². The summed E-state index contributed by atoms with van der Waals surface area (Å²) in [6, 6.07) is 0. The lowest BCUT2D eigenvalue weighted by molar-refractivity contribution is -0.140. The fourth-order valence-electron chi connectivity index (χ4n) is 1.16. The minimum Gasteiger partial charge on any atom is -0.469 e. The lowest BCUT2D eigenvalue weighted by atomic mass is 10.3. The highest BCUT2D eigenvalue weighted by Crippen LogP contribution is 2.09. The van der Waals surface area contributed by atoms with E-state index in [-0.39, 0.29) is 5.97 Å². The highest BCUT2D eigenvalue weighted by Gasteiger charge is 2.04. The Kier molecular flexibility index (Phi) is 3.50. The normalized spacial score (nSPS) is 10.1. The predicted octanol–water partition coefficient (Wildman–Crippen LogP) is 0.727. The van der Waals surface area contributed by atoms with Crippen LogP contribution in [0.15, 0.2) is 6.20 Å². The van der Waals surface area contributed by atoms with Crippen molar-refractivity contribution in [2.75, 3.05) is 12.8 Å². The number of aromatic nitrogens is 2. The van der Waals surface area contributed by atoms with Gasteiger partial charge in [-0.1, -0.05) is 0 Å². The van der Waals surface area contributed by atoms with Gasteiger partial charge in [0.05, 0.1) is 24.7 Å². The zero-order valence-corrected chi connectivity index (χ0v) is 8.49. The van der Waals surface area contributed by atoms with Gasteiger partial charge in [-0.05, 0) is 13.3 Å². The zero-order chi connectivity index (χ0) is 10.6. The molecule has 1 aromatic heterocycles. The zero-order valence-electron chi connectivity index (χ0n) is 8.49. The van der Waals surface area contributed by atoms with Crippen LogP contribution in [0.5, 0.6) is 0 Å². The van der Waals surface area contributed by atoms with Gasteiger partial charge >= 0.3 is 5.97 Å². The molecule has 0 fully saturated rings. The number of aryl methyl sites for hydroxylation is 1. The van der Waals surface area contributed by atoms with Gasteiger partial charge in [0.25, 0.3) is 0 Å². The molecule has 14 heavy (non-hydrogen) atoms. The minimum atomic E-state index is -0.192. The maximum absolute atomic E-state index is 10.8. The van der Waals surface area contributed by atoms with Crippen molar-refractivity contribution in [3.63, 3.8) is 0 Å². The Morgan fingerprint density at radius 1 is 1.71 bits per heavy atom. The molecule has 0 aliphatic carbocycles. The first-order valence-electron chi connectivity index (χ1n) is 4.50. The quantitative estimate of drug-likeness (QED) is 0.722. The molecule has 0 amide bonds. The van der Waals surface area contributed by atoms with Gasteiger partial charge in [0.15, 0.2) is 0 Å². The van der Waals surface area contributed by atoms with Crippen molar-refractivity contribution < 1.29 is 9.53 Å². The molecule has 0 aliphatic heterocycles. The Balaban J connectivity index is 2.39. The summed E-state index contributed by atoms with van der Waals surface area (Å²) in [6.45, 7) is 2.60.